The zero-order valence-corrected chi connectivity index (χ0v) is 13.0. The van der Waals surface area contributed by atoms with Gasteiger partial charge in [0.25, 0.3) is 0 Å². The fourth-order valence-electron chi connectivity index (χ4n) is 4.10. The Morgan fingerprint density at radius 2 is 2.00 bits per heavy atom. The normalized spacial score (nSPS) is 22.8. The second-order valence-corrected chi connectivity index (χ2v) is 6.35. The zero-order valence-electron chi connectivity index (χ0n) is 13.0. The maximum atomic E-state index is 13.3. The number of carbonyl (C=O) groups excluding carboxylic acids is 2. The number of amides is 1. The van der Waals surface area contributed by atoms with Crippen LogP contribution in [0.2, 0.25) is 0 Å². The van der Waals surface area contributed by atoms with Crippen molar-refractivity contribution in [2.75, 3.05) is 24.7 Å². The van der Waals surface area contributed by atoms with Crippen molar-refractivity contribution in [3.8, 4) is 11.5 Å². The molecule has 0 bridgehead atoms. The standard InChI is InChI=1S/C19H15NO4/c21-7-6-20-15-4-2-1-3-13(15)19(18(20)22)11-24-17-10-16-12(5-8-23-16)9-14(17)19/h1-4,7,9-10H,5-6,8,11H2. The second-order valence-electron chi connectivity index (χ2n) is 6.35. The Labute approximate surface area is 138 Å². The number of ether oxygens (including phenoxy) is 2. The Bertz CT molecular complexity index is 891. The van der Waals surface area contributed by atoms with E-state index in [-0.39, 0.29) is 19.1 Å². The summed E-state index contributed by atoms with van der Waals surface area (Å²) in [5.41, 5.74) is 2.85. The van der Waals surface area contributed by atoms with Gasteiger partial charge in [-0.15, -0.1) is 0 Å². The molecule has 2 aromatic carbocycles. The monoisotopic (exact) mass is 321 g/mol. The van der Waals surface area contributed by atoms with E-state index in [2.05, 4.69) is 0 Å². The molecule has 0 radical (unpaired) electrons. The molecule has 5 nitrogen and oxygen atoms in total. The summed E-state index contributed by atoms with van der Waals surface area (Å²) >= 11 is 0. The van der Waals surface area contributed by atoms with Gasteiger partial charge in [-0.2, -0.15) is 0 Å². The number of hydrogen-bond acceptors (Lipinski definition) is 4. The summed E-state index contributed by atoms with van der Waals surface area (Å²) < 4.78 is 11.5. The average Bonchev–Trinajstić information content (AvgIpc) is 3.27. The van der Waals surface area contributed by atoms with Crippen molar-refractivity contribution in [3.63, 3.8) is 0 Å². The lowest BCUT2D eigenvalue weighted by atomic mass is 9.76. The molecule has 0 aromatic heterocycles. The number of aldehydes is 1. The molecule has 0 N–H and O–H groups in total. The lowest BCUT2D eigenvalue weighted by Gasteiger charge is -2.22. The van der Waals surface area contributed by atoms with Gasteiger partial charge in [0.15, 0.2) is 0 Å². The molecule has 5 rings (SSSR count). The molecule has 0 saturated heterocycles. The van der Waals surface area contributed by atoms with Crippen LogP contribution in [0.3, 0.4) is 0 Å². The van der Waals surface area contributed by atoms with E-state index >= 15 is 0 Å². The number of para-hydroxylation sites is 1. The van der Waals surface area contributed by atoms with Gasteiger partial charge in [-0.25, -0.2) is 0 Å². The molecule has 3 aliphatic heterocycles. The van der Waals surface area contributed by atoms with Crippen LogP contribution in [0, 0.1) is 0 Å². The predicted molar refractivity (Wildman–Crippen MR) is 86.8 cm³/mol. The molecule has 3 heterocycles. The molecule has 2 aromatic rings. The quantitative estimate of drug-likeness (QED) is 0.792. The van der Waals surface area contributed by atoms with Crippen molar-refractivity contribution in [2.24, 2.45) is 0 Å². The molecule has 1 amide bonds. The van der Waals surface area contributed by atoms with Crippen LogP contribution in [0.1, 0.15) is 16.7 Å². The van der Waals surface area contributed by atoms with E-state index < -0.39 is 5.41 Å². The fraction of sp³-hybridized carbons (Fsp3) is 0.263. The van der Waals surface area contributed by atoms with E-state index in [0.29, 0.717) is 12.4 Å². The van der Waals surface area contributed by atoms with Gasteiger partial charge in [-0.3, -0.25) is 4.79 Å². The van der Waals surface area contributed by atoms with Crippen molar-refractivity contribution in [1.29, 1.82) is 0 Å². The van der Waals surface area contributed by atoms with E-state index in [1.54, 1.807) is 4.90 Å². The van der Waals surface area contributed by atoms with E-state index in [1.165, 1.54) is 0 Å². The Kier molecular flexibility index (Phi) is 2.61. The number of benzene rings is 2. The van der Waals surface area contributed by atoms with Crippen molar-refractivity contribution in [2.45, 2.75) is 11.8 Å². The number of nitrogens with zero attached hydrogens (tertiary/aromatic N) is 1. The zero-order chi connectivity index (χ0) is 16.3. The highest BCUT2D eigenvalue weighted by Gasteiger charge is 2.57. The molecular formula is C19H15NO4. The summed E-state index contributed by atoms with van der Waals surface area (Å²) in [6.07, 6.45) is 1.60. The van der Waals surface area contributed by atoms with Gasteiger partial charge < -0.3 is 19.2 Å². The second kappa shape index (κ2) is 4.60. The SMILES string of the molecule is O=CCN1C(=O)C2(COc3cc4c(cc32)CCO4)c2ccccc21. The maximum absolute atomic E-state index is 13.3. The third-order valence-electron chi connectivity index (χ3n) is 5.22. The molecule has 0 saturated carbocycles. The molecule has 120 valence electrons. The topological polar surface area (TPSA) is 55.8 Å². The summed E-state index contributed by atoms with van der Waals surface area (Å²) in [4.78, 5) is 25.9. The van der Waals surface area contributed by atoms with E-state index in [9.17, 15) is 9.59 Å². The largest absolute Gasteiger partial charge is 0.493 e. The lowest BCUT2D eigenvalue weighted by Crippen LogP contribution is -2.43. The molecule has 24 heavy (non-hydrogen) atoms. The van der Waals surface area contributed by atoms with Gasteiger partial charge in [0.2, 0.25) is 5.91 Å². The minimum absolute atomic E-state index is 0.0565. The van der Waals surface area contributed by atoms with E-state index in [4.69, 9.17) is 9.47 Å². The Morgan fingerprint density at radius 1 is 1.12 bits per heavy atom. The summed E-state index contributed by atoms with van der Waals surface area (Å²) in [5.74, 6) is 1.45. The minimum Gasteiger partial charge on any atom is -0.493 e. The highest BCUT2D eigenvalue weighted by molar-refractivity contribution is 6.12. The van der Waals surface area contributed by atoms with Crippen LogP contribution in [-0.4, -0.2) is 32.0 Å². The highest BCUT2D eigenvalue weighted by Crippen LogP contribution is 2.53. The third kappa shape index (κ3) is 1.49. The molecule has 1 unspecified atom stereocenters. The van der Waals surface area contributed by atoms with Crippen LogP contribution >= 0.6 is 0 Å². The number of anilines is 1. The molecule has 0 aliphatic carbocycles. The minimum atomic E-state index is -0.855. The Morgan fingerprint density at radius 3 is 2.88 bits per heavy atom. The molecule has 0 fully saturated rings. The van der Waals surface area contributed by atoms with E-state index in [0.717, 1.165) is 40.8 Å². The Balaban J connectivity index is 1.76. The Hall–Kier alpha value is -2.82. The number of fused-ring (bicyclic) bond motifs is 5. The molecule has 5 heteroatoms. The molecule has 1 spiro atoms. The van der Waals surface area contributed by atoms with Crippen molar-refractivity contribution < 1.29 is 19.1 Å². The highest BCUT2D eigenvalue weighted by atomic mass is 16.5. The van der Waals surface area contributed by atoms with Crippen LogP contribution < -0.4 is 14.4 Å². The van der Waals surface area contributed by atoms with Gasteiger partial charge >= 0.3 is 0 Å². The van der Waals surface area contributed by atoms with Crippen LogP contribution in [-0.2, 0) is 21.4 Å². The maximum Gasteiger partial charge on any atom is 0.246 e. The average molecular weight is 321 g/mol. The first-order chi connectivity index (χ1) is 11.8. The van der Waals surface area contributed by atoms with Crippen LogP contribution in [0.5, 0.6) is 11.5 Å². The van der Waals surface area contributed by atoms with Crippen LogP contribution in [0.25, 0.3) is 0 Å². The van der Waals surface area contributed by atoms with Crippen molar-refractivity contribution in [1.82, 2.24) is 0 Å². The van der Waals surface area contributed by atoms with Crippen LogP contribution in [0.4, 0.5) is 5.69 Å². The molecule has 1 atom stereocenters. The van der Waals surface area contributed by atoms with Gasteiger partial charge in [-0.1, -0.05) is 18.2 Å². The predicted octanol–water partition coefficient (Wildman–Crippen LogP) is 1.85. The number of rotatable bonds is 2. The first-order valence-corrected chi connectivity index (χ1v) is 8.04. The van der Waals surface area contributed by atoms with Crippen molar-refractivity contribution in [3.05, 3.63) is 53.1 Å². The first kappa shape index (κ1) is 13.6. The summed E-state index contributed by atoms with van der Waals surface area (Å²) in [7, 11) is 0. The third-order valence-corrected chi connectivity index (χ3v) is 5.22. The fourth-order valence-corrected chi connectivity index (χ4v) is 4.10. The molecule has 3 aliphatic rings. The van der Waals surface area contributed by atoms with Gasteiger partial charge in [-0.05, 0) is 23.3 Å². The lowest BCUT2D eigenvalue weighted by molar-refractivity contribution is -0.123. The first-order valence-electron chi connectivity index (χ1n) is 8.04. The number of hydrogen-bond donors (Lipinski definition) is 0. The summed E-state index contributed by atoms with van der Waals surface area (Å²) in [5, 5.41) is 0. The summed E-state index contributed by atoms with van der Waals surface area (Å²) in [6, 6.07) is 11.6. The van der Waals surface area contributed by atoms with Gasteiger partial charge in [0, 0.05) is 23.7 Å². The van der Waals surface area contributed by atoms with E-state index in [1.807, 2.05) is 36.4 Å². The van der Waals surface area contributed by atoms with Gasteiger partial charge in [0.05, 0.1) is 13.2 Å². The molecular weight excluding hydrogens is 306 g/mol. The van der Waals surface area contributed by atoms with Gasteiger partial charge in [0.1, 0.15) is 29.8 Å². The smallest absolute Gasteiger partial charge is 0.246 e. The van der Waals surface area contributed by atoms with Crippen molar-refractivity contribution >= 4 is 17.9 Å². The summed E-state index contributed by atoms with van der Waals surface area (Å²) in [6.45, 7) is 0.977. The van der Waals surface area contributed by atoms with Crippen LogP contribution in [0.15, 0.2) is 36.4 Å². The number of carbonyl (C=O) groups is 2.